The molecule has 2 heterocycles. The highest BCUT2D eigenvalue weighted by molar-refractivity contribution is 4.87. The van der Waals surface area contributed by atoms with Crippen LogP contribution in [0.3, 0.4) is 0 Å². The van der Waals surface area contributed by atoms with Gasteiger partial charge in [0, 0.05) is 44.8 Å². The molecule has 0 spiro atoms. The lowest BCUT2D eigenvalue weighted by atomic mass is 10.2. The molecule has 0 aromatic carbocycles. The summed E-state index contributed by atoms with van der Waals surface area (Å²) in [5.74, 6) is 0. The molecule has 2 fully saturated rings. The number of rotatable bonds is 4. The van der Waals surface area contributed by atoms with Gasteiger partial charge in [-0.15, -0.1) is 0 Å². The molecule has 2 atom stereocenters. The van der Waals surface area contributed by atoms with Crippen LogP contribution in [-0.2, 0) is 4.74 Å². The molecule has 5 heteroatoms. The van der Waals surface area contributed by atoms with Crippen LogP contribution in [0.2, 0.25) is 0 Å². The zero-order valence-electron chi connectivity index (χ0n) is 12.0. The van der Waals surface area contributed by atoms with E-state index < -0.39 is 0 Å². The zero-order valence-corrected chi connectivity index (χ0v) is 12.0. The second kappa shape index (κ2) is 7.81. The molecule has 2 saturated heterocycles. The predicted molar refractivity (Wildman–Crippen MR) is 74.9 cm³/mol. The van der Waals surface area contributed by atoms with Crippen LogP contribution in [0.5, 0.6) is 0 Å². The first-order chi connectivity index (χ1) is 9.28. The minimum absolute atomic E-state index is 0.326. The average Bonchev–Trinajstić information content (AvgIpc) is 2.60. The maximum atomic E-state index is 8.89. The summed E-state index contributed by atoms with van der Waals surface area (Å²) in [5, 5.41) is 12.4. The SMILES string of the molecule is CC1CCN(CCN2CCOCC2)CC(CC#N)N1. The van der Waals surface area contributed by atoms with Crippen LogP contribution in [0.25, 0.3) is 0 Å². The molecule has 0 aromatic rings. The van der Waals surface area contributed by atoms with E-state index in [1.165, 1.54) is 6.42 Å². The molecule has 0 radical (unpaired) electrons. The van der Waals surface area contributed by atoms with Gasteiger partial charge in [-0.3, -0.25) is 4.90 Å². The van der Waals surface area contributed by atoms with Crippen molar-refractivity contribution >= 4 is 0 Å². The van der Waals surface area contributed by atoms with E-state index in [-0.39, 0.29) is 0 Å². The summed E-state index contributed by atoms with van der Waals surface area (Å²) in [6.07, 6.45) is 1.78. The lowest BCUT2D eigenvalue weighted by Gasteiger charge is -2.30. The van der Waals surface area contributed by atoms with E-state index in [0.717, 1.165) is 52.5 Å². The van der Waals surface area contributed by atoms with Crippen molar-refractivity contribution in [2.45, 2.75) is 31.8 Å². The highest BCUT2D eigenvalue weighted by Gasteiger charge is 2.21. The van der Waals surface area contributed by atoms with E-state index in [1.54, 1.807) is 0 Å². The Balaban J connectivity index is 1.76. The fourth-order valence-electron chi connectivity index (χ4n) is 2.86. The molecule has 2 aliphatic heterocycles. The van der Waals surface area contributed by atoms with Crippen molar-refractivity contribution in [3.05, 3.63) is 0 Å². The molecule has 0 aromatic heterocycles. The molecule has 2 rings (SSSR count). The maximum Gasteiger partial charge on any atom is 0.0638 e. The predicted octanol–water partition coefficient (Wildman–Crippen LogP) is 0.285. The minimum Gasteiger partial charge on any atom is -0.379 e. The Morgan fingerprint density at radius 1 is 1.21 bits per heavy atom. The maximum absolute atomic E-state index is 8.89. The van der Waals surface area contributed by atoms with E-state index >= 15 is 0 Å². The van der Waals surface area contributed by atoms with Crippen LogP contribution in [0, 0.1) is 11.3 Å². The Morgan fingerprint density at radius 2 is 1.95 bits per heavy atom. The number of nitrogens with one attached hydrogen (secondary N) is 1. The van der Waals surface area contributed by atoms with E-state index in [1.807, 2.05) is 0 Å². The fraction of sp³-hybridized carbons (Fsp3) is 0.929. The monoisotopic (exact) mass is 266 g/mol. The van der Waals surface area contributed by atoms with Gasteiger partial charge in [0.25, 0.3) is 0 Å². The Kier molecular flexibility index (Phi) is 6.05. The largest absolute Gasteiger partial charge is 0.379 e. The Labute approximate surface area is 116 Å². The first kappa shape index (κ1) is 14.7. The highest BCUT2D eigenvalue weighted by Crippen LogP contribution is 2.08. The topological polar surface area (TPSA) is 51.5 Å². The molecule has 0 saturated carbocycles. The van der Waals surface area contributed by atoms with Gasteiger partial charge in [0.15, 0.2) is 0 Å². The minimum atomic E-state index is 0.326. The number of nitriles is 1. The summed E-state index contributed by atoms with van der Waals surface area (Å²) in [7, 11) is 0. The molecule has 0 aliphatic carbocycles. The summed E-state index contributed by atoms with van der Waals surface area (Å²) in [6, 6.07) is 3.14. The molecule has 19 heavy (non-hydrogen) atoms. The standard InChI is InChI=1S/C14H26N4O/c1-13-3-5-18(12-14(16-13)2-4-15)7-6-17-8-10-19-11-9-17/h13-14,16H,2-3,5-12H2,1H3. The summed E-state index contributed by atoms with van der Waals surface area (Å²) in [5.41, 5.74) is 0. The second-order valence-corrected chi connectivity index (χ2v) is 5.67. The van der Waals surface area contributed by atoms with Crippen molar-refractivity contribution in [1.82, 2.24) is 15.1 Å². The molecule has 1 N–H and O–H groups in total. The summed E-state index contributed by atoms with van der Waals surface area (Å²) in [4.78, 5) is 4.98. The first-order valence-corrected chi connectivity index (χ1v) is 7.43. The smallest absolute Gasteiger partial charge is 0.0638 e. The van der Waals surface area contributed by atoms with Crippen molar-refractivity contribution in [3.63, 3.8) is 0 Å². The molecule has 2 aliphatic rings. The van der Waals surface area contributed by atoms with Gasteiger partial charge in [-0.25, -0.2) is 0 Å². The third-order valence-electron chi connectivity index (χ3n) is 4.05. The molecular weight excluding hydrogens is 240 g/mol. The van der Waals surface area contributed by atoms with E-state index in [2.05, 4.69) is 28.1 Å². The van der Waals surface area contributed by atoms with Gasteiger partial charge < -0.3 is 15.0 Å². The molecule has 0 bridgehead atoms. The van der Waals surface area contributed by atoms with Gasteiger partial charge in [0.05, 0.1) is 25.7 Å². The third-order valence-corrected chi connectivity index (χ3v) is 4.05. The lowest BCUT2D eigenvalue weighted by molar-refractivity contribution is 0.0333. The van der Waals surface area contributed by atoms with Crippen LogP contribution in [0.15, 0.2) is 0 Å². The van der Waals surface area contributed by atoms with Crippen molar-refractivity contribution in [2.24, 2.45) is 0 Å². The summed E-state index contributed by atoms with van der Waals surface area (Å²) >= 11 is 0. The van der Waals surface area contributed by atoms with E-state index in [0.29, 0.717) is 18.5 Å². The van der Waals surface area contributed by atoms with Gasteiger partial charge in [0.2, 0.25) is 0 Å². The van der Waals surface area contributed by atoms with Crippen LogP contribution in [-0.4, -0.2) is 74.4 Å². The normalized spacial score (nSPS) is 30.7. The van der Waals surface area contributed by atoms with Crippen LogP contribution >= 0.6 is 0 Å². The number of hydrogen-bond acceptors (Lipinski definition) is 5. The lowest BCUT2D eigenvalue weighted by Crippen LogP contribution is -2.44. The number of hydrogen-bond donors (Lipinski definition) is 1. The highest BCUT2D eigenvalue weighted by atomic mass is 16.5. The van der Waals surface area contributed by atoms with Crippen LogP contribution in [0.4, 0.5) is 0 Å². The summed E-state index contributed by atoms with van der Waals surface area (Å²) in [6.45, 7) is 10.4. The summed E-state index contributed by atoms with van der Waals surface area (Å²) < 4.78 is 5.37. The Morgan fingerprint density at radius 3 is 2.68 bits per heavy atom. The van der Waals surface area contributed by atoms with Crippen LogP contribution < -0.4 is 5.32 Å². The third kappa shape index (κ3) is 5.07. The first-order valence-electron chi connectivity index (χ1n) is 7.43. The Bertz CT molecular complexity index is 298. The van der Waals surface area contributed by atoms with Gasteiger partial charge in [-0.2, -0.15) is 5.26 Å². The number of nitrogens with zero attached hydrogens (tertiary/aromatic N) is 3. The van der Waals surface area contributed by atoms with Gasteiger partial charge in [0.1, 0.15) is 0 Å². The molecule has 2 unspecified atom stereocenters. The van der Waals surface area contributed by atoms with Crippen molar-refractivity contribution in [2.75, 3.05) is 52.5 Å². The number of ether oxygens (including phenoxy) is 1. The van der Waals surface area contributed by atoms with Gasteiger partial charge in [-0.1, -0.05) is 0 Å². The average molecular weight is 266 g/mol. The van der Waals surface area contributed by atoms with Crippen molar-refractivity contribution in [1.29, 1.82) is 5.26 Å². The van der Waals surface area contributed by atoms with Crippen LogP contribution in [0.1, 0.15) is 19.8 Å². The quantitative estimate of drug-likeness (QED) is 0.792. The van der Waals surface area contributed by atoms with Crippen molar-refractivity contribution < 1.29 is 4.74 Å². The molecule has 108 valence electrons. The molecular formula is C14H26N4O. The number of morpholine rings is 1. The van der Waals surface area contributed by atoms with E-state index in [4.69, 9.17) is 10.00 Å². The zero-order chi connectivity index (χ0) is 13.5. The Hall–Kier alpha value is -0.670. The second-order valence-electron chi connectivity index (χ2n) is 5.67. The molecule has 5 nitrogen and oxygen atoms in total. The van der Waals surface area contributed by atoms with E-state index in [9.17, 15) is 0 Å². The fourth-order valence-corrected chi connectivity index (χ4v) is 2.86. The van der Waals surface area contributed by atoms with Gasteiger partial charge >= 0.3 is 0 Å². The molecule has 0 amide bonds. The van der Waals surface area contributed by atoms with Crippen molar-refractivity contribution in [3.8, 4) is 6.07 Å². The van der Waals surface area contributed by atoms with Gasteiger partial charge in [-0.05, 0) is 19.9 Å².